The smallest absolute Gasteiger partial charge is 0.855 e. The van der Waals surface area contributed by atoms with E-state index in [0.717, 1.165) is 0 Å². The molecule has 2 aromatic carbocycles. The summed E-state index contributed by atoms with van der Waals surface area (Å²) >= 11 is 0. The third kappa shape index (κ3) is 11.0. The second kappa shape index (κ2) is 17.4. The topological polar surface area (TPSA) is 52.6 Å². The van der Waals surface area contributed by atoms with E-state index in [4.69, 9.17) is 10.2 Å². The summed E-state index contributed by atoms with van der Waals surface area (Å²) in [6.45, 7) is 22.7. The average Bonchev–Trinajstić information content (AvgIpc) is 3.56. The Morgan fingerprint density at radius 1 is 0.686 bits per heavy atom. The third-order valence-electron chi connectivity index (χ3n) is 7.02. The van der Waals surface area contributed by atoms with Gasteiger partial charge in [-0.15, -0.1) is 23.6 Å². The van der Waals surface area contributed by atoms with Crippen LogP contribution in [-0.4, -0.2) is 65.0 Å². The Labute approximate surface area is 237 Å². The molecule has 0 N–H and O–H groups in total. The van der Waals surface area contributed by atoms with Gasteiger partial charge >= 0.3 is 25.8 Å². The van der Waals surface area contributed by atoms with Gasteiger partial charge < -0.3 is 19.3 Å². The van der Waals surface area contributed by atoms with Gasteiger partial charge in [-0.2, -0.15) is 24.3 Å². The molecule has 2 aliphatic rings. The Morgan fingerprint density at radius 3 is 1.14 bits per heavy atom. The van der Waals surface area contributed by atoms with Crippen LogP contribution >= 0.6 is 0 Å². The molecule has 2 aliphatic heterocycles. The van der Waals surface area contributed by atoms with Crippen molar-refractivity contribution in [2.24, 2.45) is 0 Å². The van der Waals surface area contributed by atoms with Crippen molar-refractivity contribution in [1.29, 1.82) is 0 Å². The summed E-state index contributed by atoms with van der Waals surface area (Å²) in [7, 11) is -2.58. The zero-order chi connectivity index (χ0) is 25.8. The van der Waals surface area contributed by atoms with E-state index in [0.29, 0.717) is 0 Å². The molecule has 0 atom stereocenters. The molecule has 35 heavy (non-hydrogen) atoms. The van der Waals surface area contributed by atoms with Crippen LogP contribution in [0.15, 0.2) is 36.4 Å². The van der Waals surface area contributed by atoms with Crippen molar-refractivity contribution in [2.45, 2.75) is 79.6 Å². The maximum Gasteiger partial charge on any atom is 4.00 e. The van der Waals surface area contributed by atoms with Crippen LogP contribution in [0.2, 0.25) is 26.2 Å². The van der Waals surface area contributed by atoms with E-state index in [9.17, 15) is 0 Å². The fourth-order valence-electron chi connectivity index (χ4n) is 4.80. The number of rotatable bonds is 4. The van der Waals surface area contributed by atoms with Crippen molar-refractivity contribution in [1.82, 2.24) is 9.13 Å². The van der Waals surface area contributed by atoms with Gasteiger partial charge in [0.1, 0.15) is 0 Å². The molecule has 0 aliphatic carbocycles. The number of hydrogen-bond donors (Lipinski definition) is 0. The molecular weight excluding hydrogens is 631 g/mol. The summed E-state index contributed by atoms with van der Waals surface area (Å²) in [4.78, 5) is 0. The SMILES string of the molecule is CC[O-].CC[O-].Cc1cc[c-]([Si](C)(C)N2CCCC2)c1.Cc1cc[c-]([Si](C)(C)N2CCCC2)c1.[Hf+4]. The van der Waals surface area contributed by atoms with E-state index in [1.54, 1.807) is 24.2 Å². The van der Waals surface area contributed by atoms with Crippen molar-refractivity contribution in [3.8, 4) is 0 Å². The molecule has 0 unspecified atom stereocenters. The molecule has 0 aromatic heterocycles. The summed E-state index contributed by atoms with van der Waals surface area (Å²) in [6.07, 6.45) is 5.60. The van der Waals surface area contributed by atoms with Gasteiger partial charge in [-0.1, -0.05) is 53.9 Å². The Kier molecular flexibility index (Phi) is 17.3. The third-order valence-corrected chi connectivity index (χ3v) is 14.5. The summed E-state index contributed by atoms with van der Waals surface area (Å²) in [5, 5.41) is 21.1. The van der Waals surface area contributed by atoms with Crippen LogP contribution in [0.5, 0.6) is 0 Å². The minimum absolute atomic E-state index is 0. The quantitative estimate of drug-likeness (QED) is 0.368. The van der Waals surface area contributed by atoms with Gasteiger partial charge in [-0.05, 0) is 51.9 Å². The number of nitrogens with zero attached hydrogens (tertiary/aromatic N) is 2. The van der Waals surface area contributed by atoms with Crippen LogP contribution in [-0.2, 0) is 25.8 Å². The summed E-state index contributed by atoms with van der Waals surface area (Å²) in [5.74, 6) is 0. The zero-order valence-electron chi connectivity index (χ0n) is 23.7. The van der Waals surface area contributed by atoms with Gasteiger partial charge in [0.15, 0.2) is 0 Å². The molecule has 2 saturated heterocycles. The molecule has 7 heteroatoms. The van der Waals surface area contributed by atoms with Crippen LogP contribution in [0.1, 0.15) is 50.7 Å². The number of hydrogen-bond acceptors (Lipinski definition) is 4. The first kappa shape index (κ1) is 34.8. The van der Waals surface area contributed by atoms with Crippen LogP contribution < -0.4 is 20.6 Å². The molecule has 2 heterocycles. The fraction of sp³-hybridized carbons (Fsp3) is 0.643. The van der Waals surface area contributed by atoms with Gasteiger partial charge in [-0.25, -0.2) is 23.3 Å². The fourth-order valence-corrected chi connectivity index (χ4v) is 10.5. The van der Waals surface area contributed by atoms with E-state index in [1.807, 2.05) is 0 Å². The molecule has 4 rings (SSSR count). The maximum atomic E-state index is 8.93. The molecule has 0 spiro atoms. The van der Waals surface area contributed by atoms with Crippen LogP contribution in [0.25, 0.3) is 0 Å². The van der Waals surface area contributed by atoms with Gasteiger partial charge in [0.05, 0.1) is 16.5 Å². The molecule has 2 fully saturated rings. The Balaban J connectivity index is 0.000000528. The maximum absolute atomic E-state index is 8.93. The second-order valence-electron chi connectivity index (χ2n) is 10.4. The standard InChI is InChI=1S/2C12H20NSi.2C2H5O.Hf/c2*1-11-6-7-12(10-11)14(2,3)13-8-4-5-9-13;2*1-2-3;/h2*6-7,10H,4-5,8-9H2,1-3H3;2*2H2,1H3;/q4*-1;+4. The average molecular weight is 681 g/mol. The predicted molar refractivity (Wildman–Crippen MR) is 150 cm³/mol. The van der Waals surface area contributed by atoms with Crippen LogP contribution in [0.4, 0.5) is 0 Å². The monoisotopic (exact) mass is 682 g/mol. The van der Waals surface area contributed by atoms with Crippen LogP contribution in [0, 0.1) is 13.8 Å². The van der Waals surface area contributed by atoms with Gasteiger partial charge in [-0.3, -0.25) is 0 Å². The second-order valence-corrected chi connectivity index (χ2v) is 19.1. The Bertz CT molecular complexity index is 726. The zero-order valence-corrected chi connectivity index (χ0v) is 29.3. The largest absolute Gasteiger partial charge is 4.00 e. The molecule has 4 nitrogen and oxygen atoms in total. The van der Waals surface area contributed by atoms with Gasteiger partial charge in [0.2, 0.25) is 0 Å². The molecule has 2 aromatic rings. The summed E-state index contributed by atoms with van der Waals surface area (Å²) in [6, 6.07) is 13.9. The van der Waals surface area contributed by atoms with E-state index >= 15 is 0 Å². The first-order valence-corrected chi connectivity index (χ1v) is 19.1. The van der Waals surface area contributed by atoms with E-state index in [2.05, 4.69) is 85.6 Å². The van der Waals surface area contributed by atoms with Crippen molar-refractivity contribution in [3.63, 3.8) is 0 Å². The Morgan fingerprint density at radius 2 is 0.943 bits per heavy atom. The van der Waals surface area contributed by atoms with Gasteiger partial charge in [0.25, 0.3) is 0 Å². The van der Waals surface area contributed by atoms with Crippen molar-refractivity contribution in [3.05, 3.63) is 47.5 Å². The summed E-state index contributed by atoms with van der Waals surface area (Å²) in [5.41, 5.74) is 2.83. The normalized spacial score (nSPS) is 16.3. The first-order chi connectivity index (χ1) is 16.0. The molecule has 0 radical (unpaired) electrons. The first-order valence-electron chi connectivity index (χ1n) is 13.2. The molecule has 0 bridgehead atoms. The molecule has 0 amide bonds. The minimum Gasteiger partial charge on any atom is -0.855 e. The van der Waals surface area contributed by atoms with Crippen molar-refractivity contribution in [2.75, 3.05) is 39.4 Å². The predicted octanol–water partition coefficient (Wildman–Crippen LogP) is 3.17. The van der Waals surface area contributed by atoms with Gasteiger partial charge in [0, 0.05) is 0 Å². The van der Waals surface area contributed by atoms with E-state index in [1.165, 1.54) is 63.0 Å². The van der Waals surface area contributed by atoms with E-state index < -0.39 is 16.5 Å². The van der Waals surface area contributed by atoms with E-state index in [-0.39, 0.29) is 39.1 Å². The van der Waals surface area contributed by atoms with Crippen molar-refractivity contribution >= 4 is 26.8 Å². The molecular formula is C28H50HfN2O2Si2. The summed E-state index contributed by atoms with van der Waals surface area (Å²) < 4.78 is 5.48. The van der Waals surface area contributed by atoms with Crippen molar-refractivity contribution < 1.29 is 36.1 Å². The van der Waals surface area contributed by atoms with Crippen LogP contribution in [0.3, 0.4) is 0 Å². The molecule has 196 valence electrons. The Hall–Kier alpha value is -0.156. The number of aryl methyl sites for hydroxylation is 2. The molecule has 0 saturated carbocycles. The minimum atomic E-state index is -1.29.